The van der Waals surface area contributed by atoms with E-state index in [1.807, 2.05) is 55.5 Å². The number of nitrogens with zero attached hydrogens (tertiary/aromatic N) is 1. The minimum Gasteiger partial charge on any atom is -0.488 e. The highest BCUT2D eigenvalue weighted by Crippen LogP contribution is 2.34. The van der Waals surface area contributed by atoms with Crippen LogP contribution in [0.2, 0.25) is 5.02 Å². The van der Waals surface area contributed by atoms with Crippen LogP contribution in [0.15, 0.2) is 72.8 Å². The summed E-state index contributed by atoms with van der Waals surface area (Å²) in [5, 5.41) is 10.6. The smallest absolute Gasteiger partial charge is 0.141 e. The summed E-state index contributed by atoms with van der Waals surface area (Å²) in [7, 11) is 0. The second-order valence-electron chi connectivity index (χ2n) is 7.52. The summed E-state index contributed by atoms with van der Waals surface area (Å²) < 4.78 is 21.9. The molecule has 1 aromatic heterocycles. The molecule has 0 amide bonds. The molecule has 30 heavy (non-hydrogen) atoms. The first-order chi connectivity index (χ1) is 14.6. The Kier molecular flexibility index (Phi) is 6.07. The van der Waals surface area contributed by atoms with Gasteiger partial charge in [0.1, 0.15) is 18.2 Å². The molecule has 1 heterocycles. The Balaban J connectivity index is 1.80. The van der Waals surface area contributed by atoms with Crippen molar-refractivity contribution in [2.75, 3.05) is 6.61 Å². The third-order valence-electron chi connectivity index (χ3n) is 5.15. The topological polar surface area (TPSA) is 34.4 Å². The molecule has 0 aliphatic carbocycles. The molecule has 1 unspecified atom stereocenters. The van der Waals surface area contributed by atoms with Crippen LogP contribution in [-0.4, -0.2) is 16.3 Å². The van der Waals surface area contributed by atoms with Gasteiger partial charge in [0, 0.05) is 23.4 Å². The fourth-order valence-corrected chi connectivity index (χ4v) is 3.80. The molecule has 3 aromatic carbocycles. The summed E-state index contributed by atoms with van der Waals surface area (Å²) in [6.07, 6.45) is 0.665. The molecule has 154 valence electrons. The first-order valence-electron chi connectivity index (χ1n) is 9.93. The van der Waals surface area contributed by atoms with E-state index in [2.05, 4.69) is 10.6 Å². The van der Waals surface area contributed by atoms with E-state index < -0.39 is 5.82 Å². The maximum Gasteiger partial charge on any atom is 0.141 e. The minimum absolute atomic E-state index is 0.0759. The number of rotatable bonds is 7. The van der Waals surface area contributed by atoms with Crippen molar-refractivity contribution in [1.29, 1.82) is 0 Å². The van der Waals surface area contributed by atoms with E-state index in [1.54, 1.807) is 12.1 Å². The molecule has 0 saturated heterocycles. The molecule has 3 nitrogen and oxygen atoms in total. The van der Waals surface area contributed by atoms with Crippen molar-refractivity contribution in [3.05, 3.63) is 94.9 Å². The van der Waals surface area contributed by atoms with Crippen molar-refractivity contribution in [3.63, 3.8) is 0 Å². The molecule has 0 aliphatic heterocycles. The van der Waals surface area contributed by atoms with E-state index in [0.29, 0.717) is 13.0 Å². The zero-order chi connectivity index (χ0) is 21.1. The monoisotopic (exact) mass is 423 g/mol. The quantitative estimate of drug-likeness (QED) is 0.385. The number of aromatic nitrogens is 1. The minimum atomic E-state index is -0.450. The van der Waals surface area contributed by atoms with Crippen LogP contribution in [0.4, 0.5) is 4.39 Å². The summed E-state index contributed by atoms with van der Waals surface area (Å²) in [4.78, 5) is 0. The maximum atomic E-state index is 13.8. The number of halogens is 2. The number of ether oxygens (including phenoxy) is 1. The van der Waals surface area contributed by atoms with Crippen molar-refractivity contribution in [2.24, 2.45) is 5.92 Å². The van der Waals surface area contributed by atoms with E-state index in [-0.39, 0.29) is 17.5 Å². The Labute approximate surface area is 180 Å². The van der Waals surface area contributed by atoms with Gasteiger partial charge in [-0.1, -0.05) is 54.9 Å². The molecule has 0 aliphatic rings. The molecule has 0 spiro atoms. The van der Waals surface area contributed by atoms with Crippen molar-refractivity contribution >= 4 is 22.5 Å². The number of hydrogen-bond donors (Lipinski definition) is 1. The number of benzene rings is 3. The Morgan fingerprint density at radius 1 is 1.03 bits per heavy atom. The average molecular weight is 424 g/mol. The lowest BCUT2D eigenvalue weighted by molar-refractivity contribution is 0.236. The van der Waals surface area contributed by atoms with Gasteiger partial charge in [0.25, 0.3) is 0 Å². The second kappa shape index (κ2) is 8.90. The first kappa shape index (κ1) is 20.5. The molecular formula is C25H23ClFNO2. The van der Waals surface area contributed by atoms with Crippen LogP contribution in [0.3, 0.4) is 0 Å². The molecule has 1 N–H and O–H groups in total. The van der Waals surface area contributed by atoms with E-state index >= 15 is 0 Å². The summed E-state index contributed by atoms with van der Waals surface area (Å²) in [6.45, 7) is 2.55. The summed E-state index contributed by atoms with van der Waals surface area (Å²) in [5.41, 5.74) is 3.82. The molecule has 0 saturated carbocycles. The lowest BCUT2D eigenvalue weighted by Gasteiger charge is -2.14. The number of fused-ring (bicyclic) bond motifs is 1. The molecule has 4 aromatic rings. The van der Waals surface area contributed by atoms with Gasteiger partial charge in [-0.2, -0.15) is 0 Å². The van der Waals surface area contributed by atoms with E-state index in [4.69, 9.17) is 16.3 Å². The third kappa shape index (κ3) is 4.20. The predicted octanol–water partition coefficient (Wildman–Crippen LogP) is 6.17. The standard InChI is InChI=1S/C25H23ClFNO2/c1-17(15-29)12-20-13-21-24(28(20)19-10-11-23(27)22(26)14-19)8-5-9-25(21)30-16-18-6-3-2-4-7-18/h2-11,13-14,17,29H,12,15-16H2,1H3. The average Bonchev–Trinajstić information content (AvgIpc) is 3.13. The van der Waals surface area contributed by atoms with Gasteiger partial charge in [0.2, 0.25) is 0 Å². The van der Waals surface area contributed by atoms with Crippen molar-refractivity contribution in [1.82, 2.24) is 4.57 Å². The molecule has 0 bridgehead atoms. The predicted molar refractivity (Wildman–Crippen MR) is 119 cm³/mol. The van der Waals surface area contributed by atoms with Gasteiger partial charge in [-0.15, -0.1) is 0 Å². The summed E-state index contributed by atoms with van der Waals surface area (Å²) in [5.74, 6) is 0.410. The van der Waals surface area contributed by atoms with E-state index in [0.717, 1.165) is 33.6 Å². The normalized spacial score (nSPS) is 12.3. The van der Waals surface area contributed by atoms with Crippen LogP contribution in [0.25, 0.3) is 16.6 Å². The molecule has 4 rings (SSSR count). The highest BCUT2D eigenvalue weighted by atomic mass is 35.5. The highest BCUT2D eigenvalue weighted by molar-refractivity contribution is 6.30. The fourth-order valence-electron chi connectivity index (χ4n) is 3.62. The Morgan fingerprint density at radius 2 is 1.83 bits per heavy atom. The van der Waals surface area contributed by atoms with Crippen LogP contribution >= 0.6 is 11.6 Å². The van der Waals surface area contributed by atoms with Crippen LogP contribution < -0.4 is 4.74 Å². The third-order valence-corrected chi connectivity index (χ3v) is 5.44. The van der Waals surface area contributed by atoms with Gasteiger partial charge < -0.3 is 14.4 Å². The Hall–Kier alpha value is -2.82. The summed E-state index contributed by atoms with van der Waals surface area (Å²) in [6, 6.07) is 22.7. The molecule has 0 fully saturated rings. The van der Waals surface area contributed by atoms with Gasteiger partial charge >= 0.3 is 0 Å². The zero-order valence-corrected chi connectivity index (χ0v) is 17.4. The van der Waals surface area contributed by atoms with Crippen LogP contribution in [0, 0.1) is 11.7 Å². The van der Waals surface area contributed by atoms with Crippen molar-refractivity contribution in [3.8, 4) is 11.4 Å². The number of aliphatic hydroxyl groups is 1. The van der Waals surface area contributed by atoms with E-state index in [9.17, 15) is 9.50 Å². The van der Waals surface area contributed by atoms with Gasteiger partial charge in [-0.25, -0.2) is 4.39 Å². The number of aliphatic hydroxyl groups excluding tert-OH is 1. The van der Waals surface area contributed by atoms with Gasteiger partial charge in [-0.3, -0.25) is 0 Å². The van der Waals surface area contributed by atoms with E-state index in [1.165, 1.54) is 6.07 Å². The lowest BCUT2D eigenvalue weighted by Crippen LogP contribution is -2.09. The highest BCUT2D eigenvalue weighted by Gasteiger charge is 2.17. The number of hydrogen-bond acceptors (Lipinski definition) is 2. The molecular weight excluding hydrogens is 401 g/mol. The van der Waals surface area contributed by atoms with Crippen molar-refractivity contribution < 1.29 is 14.2 Å². The Morgan fingerprint density at radius 3 is 2.57 bits per heavy atom. The molecule has 1 atom stereocenters. The van der Waals surface area contributed by atoms with Gasteiger partial charge in [0.05, 0.1) is 10.5 Å². The van der Waals surface area contributed by atoms with Crippen LogP contribution in [0.5, 0.6) is 5.75 Å². The summed E-state index contributed by atoms with van der Waals surface area (Å²) >= 11 is 6.06. The zero-order valence-electron chi connectivity index (χ0n) is 16.7. The second-order valence-corrected chi connectivity index (χ2v) is 7.93. The fraction of sp³-hybridized carbons (Fsp3) is 0.200. The largest absolute Gasteiger partial charge is 0.488 e. The van der Waals surface area contributed by atoms with Crippen molar-refractivity contribution in [2.45, 2.75) is 20.0 Å². The van der Waals surface area contributed by atoms with Gasteiger partial charge in [0.15, 0.2) is 0 Å². The van der Waals surface area contributed by atoms with Crippen LogP contribution in [0.1, 0.15) is 18.2 Å². The lowest BCUT2D eigenvalue weighted by atomic mass is 10.1. The molecule has 0 radical (unpaired) electrons. The first-order valence-corrected chi connectivity index (χ1v) is 10.3. The van der Waals surface area contributed by atoms with Crippen LogP contribution in [-0.2, 0) is 13.0 Å². The van der Waals surface area contributed by atoms with Gasteiger partial charge in [-0.05, 0) is 54.3 Å². The maximum absolute atomic E-state index is 13.8. The SMILES string of the molecule is CC(CO)Cc1cc2c(OCc3ccccc3)cccc2n1-c1ccc(F)c(Cl)c1. The molecule has 5 heteroatoms. The Bertz CT molecular complexity index is 1160.